The standard InChI is InChI=1S/C51H32N6O/c1-4-13-33(14-5-1)34-22-24-37(25-23-34)55(35-15-6-2-7-16-35)38-26-29-45(53-31-38)57-42-28-27-40-48-51(58-50(40)47(42)49-43(57)21-12-30-52-49)46-39-19-10-11-20-41(39)56(44(46)32-54-48)36-17-8-3-9-18-36/h1-32H. The number of benzene rings is 6. The maximum Gasteiger partial charge on any atom is 0.163 e. The first-order chi connectivity index (χ1) is 28.8. The summed E-state index contributed by atoms with van der Waals surface area (Å²) in [5.74, 6) is 0.783. The van der Waals surface area contributed by atoms with Gasteiger partial charge >= 0.3 is 0 Å². The molecule has 0 aliphatic heterocycles. The van der Waals surface area contributed by atoms with E-state index in [1.165, 1.54) is 11.1 Å². The molecule has 0 fully saturated rings. The molecule has 0 radical (unpaired) electrons. The Balaban J connectivity index is 1.02. The maximum atomic E-state index is 7.02. The van der Waals surface area contributed by atoms with Crippen LogP contribution in [0.2, 0.25) is 0 Å². The Morgan fingerprint density at radius 2 is 1.09 bits per heavy atom. The van der Waals surface area contributed by atoms with E-state index in [4.69, 9.17) is 19.4 Å². The molecular weight excluding hydrogens is 713 g/mol. The highest BCUT2D eigenvalue weighted by molar-refractivity contribution is 6.27. The van der Waals surface area contributed by atoms with Crippen LogP contribution in [0.25, 0.3) is 88.4 Å². The molecule has 0 amide bonds. The Kier molecular flexibility index (Phi) is 7.09. The Morgan fingerprint density at radius 3 is 1.88 bits per heavy atom. The van der Waals surface area contributed by atoms with E-state index in [2.05, 4.69) is 166 Å². The second kappa shape index (κ2) is 12.8. The summed E-state index contributed by atoms with van der Waals surface area (Å²) in [5, 5.41) is 4.04. The third kappa shape index (κ3) is 4.83. The van der Waals surface area contributed by atoms with Gasteiger partial charge in [0, 0.05) is 34.0 Å². The largest absolute Gasteiger partial charge is 0.453 e. The lowest BCUT2D eigenvalue weighted by molar-refractivity contribution is 0.676. The summed E-state index contributed by atoms with van der Waals surface area (Å²) in [6, 6.07) is 61.0. The van der Waals surface area contributed by atoms with E-state index in [0.29, 0.717) is 0 Å². The molecule has 6 aromatic heterocycles. The van der Waals surface area contributed by atoms with Crippen molar-refractivity contribution in [3.05, 3.63) is 195 Å². The highest BCUT2D eigenvalue weighted by atomic mass is 16.3. The van der Waals surface area contributed by atoms with Crippen molar-refractivity contribution < 1.29 is 4.42 Å². The summed E-state index contributed by atoms with van der Waals surface area (Å²) in [6.45, 7) is 0. The molecule has 0 N–H and O–H groups in total. The topological polar surface area (TPSA) is 64.9 Å². The number of pyridine rings is 3. The molecule has 58 heavy (non-hydrogen) atoms. The van der Waals surface area contributed by atoms with Crippen LogP contribution in [0.15, 0.2) is 199 Å². The van der Waals surface area contributed by atoms with Gasteiger partial charge in [0.2, 0.25) is 0 Å². The van der Waals surface area contributed by atoms with E-state index in [0.717, 1.165) is 94.4 Å². The van der Waals surface area contributed by atoms with E-state index >= 15 is 0 Å². The maximum absolute atomic E-state index is 7.02. The zero-order valence-corrected chi connectivity index (χ0v) is 31.1. The number of hydrogen-bond donors (Lipinski definition) is 0. The van der Waals surface area contributed by atoms with Gasteiger partial charge in [0.05, 0.1) is 50.9 Å². The second-order valence-corrected chi connectivity index (χ2v) is 14.5. The summed E-state index contributed by atoms with van der Waals surface area (Å²) in [6.07, 6.45) is 5.77. The fourth-order valence-electron chi connectivity index (χ4n) is 8.70. The molecule has 12 aromatic rings. The molecule has 272 valence electrons. The Labute approximate surface area is 332 Å². The first kappa shape index (κ1) is 32.2. The summed E-state index contributed by atoms with van der Waals surface area (Å²) < 4.78 is 11.5. The number of hydrogen-bond acceptors (Lipinski definition) is 5. The summed E-state index contributed by atoms with van der Waals surface area (Å²) in [4.78, 5) is 17.4. The molecule has 0 atom stereocenters. The van der Waals surface area contributed by atoms with E-state index < -0.39 is 0 Å². The van der Waals surface area contributed by atoms with E-state index in [1.807, 2.05) is 42.9 Å². The van der Waals surface area contributed by atoms with Crippen LogP contribution >= 0.6 is 0 Å². The fraction of sp³-hybridized carbons (Fsp3) is 0. The average Bonchev–Trinajstić information content (AvgIpc) is 3.96. The number of nitrogens with zero attached hydrogens (tertiary/aromatic N) is 6. The quantitative estimate of drug-likeness (QED) is 0.170. The highest BCUT2D eigenvalue weighted by Crippen LogP contribution is 2.44. The zero-order chi connectivity index (χ0) is 38.2. The minimum atomic E-state index is 0.761. The first-order valence-corrected chi connectivity index (χ1v) is 19.4. The van der Waals surface area contributed by atoms with Gasteiger partial charge in [-0.05, 0) is 90.0 Å². The molecule has 6 aromatic carbocycles. The van der Waals surface area contributed by atoms with Gasteiger partial charge in [-0.25, -0.2) is 9.97 Å². The Morgan fingerprint density at radius 1 is 0.397 bits per heavy atom. The van der Waals surface area contributed by atoms with Crippen LogP contribution in [-0.4, -0.2) is 24.1 Å². The number of rotatable bonds is 6. The Hall–Kier alpha value is -8.03. The van der Waals surface area contributed by atoms with Gasteiger partial charge < -0.3 is 13.9 Å². The third-order valence-electron chi connectivity index (χ3n) is 11.3. The first-order valence-electron chi connectivity index (χ1n) is 19.4. The lowest BCUT2D eigenvalue weighted by atomic mass is 10.1. The smallest absolute Gasteiger partial charge is 0.163 e. The van der Waals surface area contributed by atoms with Crippen LogP contribution in [0.5, 0.6) is 0 Å². The Bertz CT molecular complexity index is 3480. The van der Waals surface area contributed by atoms with E-state index in [1.54, 1.807) is 0 Å². The van der Waals surface area contributed by atoms with Gasteiger partial charge in [-0.2, -0.15) is 0 Å². The van der Waals surface area contributed by atoms with Crippen molar-refractivity contribution >= 4 is 82.9 Å². The number of furan rings is 1. The normalized spacial score (nSPS) is 11.8. The lowest BCUT2D eigenvalue weighted by Crippen LogP contribution is -2.10. The monoisotopic (exact) mass is 744 g/mol. The van der Waals surface area contributed by atoms with Crippen LogP contribution in [0, 0.1) is 0 Å². The van der Waals surface area contributed by atoms with Crippen molar-refractivity contribution in [2.75, 3.05) is 4.90 Å². The fourth-order valence-corrected chi connectivity index (χ4v) is 8.70. The molecule has 7 nitrogen and oxygen atoms in total. The minimum Gasteiger partial charge on any atom is -0.453 e. The van der Waals surface area contributed by atoms with Crippen LogP contribution in [-0.2, 0) is 0 Å². The van der Waals surface area contributed by atoms with Gasteiger partial charge in [0.25, 0.3) is 0 Å². The zero-order valence-electron chi connectivity index (χ0n) is 31.1. The van der Waals surface area contributed by atoms with Crippen molar-refractivity contribution in [2.45, 2.75) is 0 Å². The number of para-hydroxylation sites is 3. The molecule has 0 saturated heterocycles. The van der Waals surface area contributed by atoms with Crippen LogP contribution < -0.4 is 4.90 Å². The van der Waals surface area contributed by atoms with E-state index in [9.17, 15) is 0 Å². The molecule has 0 unspecified atom stereocenters. The molecule has 6 heterocycles. The average molecular weight is 745 g/mol. The molecule has 12 rings (SSSR count). The predicted octanol–water partition coefficient (Wildman–Crippen LogP) is 13.1. The SMILES string of the molecule is c1ccc(-c2ccc(N(c3ccccc3)c3ccc(-n4c5cccnc5c5c6oc7c(ncc8c7c7ccccc7n8-c7ccccc7)c6ccc54)nc3)cc2)cc1. The second-order valence-electron chi connectivity index (χ2n) is 14.5. The van der Waals surface area contributed by atoms with Crippen molar-refractivity contribution in [1.82, 2.24) is 24.1 Å². The number of fused-ring (bicyclic) bond motifs is 11. The van der Waals surface area contributed by atoms with Crippen molar-refractivity contribution in [2.24, 2.45) is 0 Å². The van der Waals surface area contributed by atoms with Gasteiger partial charge in [0.15, 0.2) is 5.58 Å². The molecule has 0 saturated carbocycles. The van der Waals surface area contributed by atoms with Crippen LogP contribution in [0.1, 0.15) is 0 Å². The number of anilines is 3. The predicted molar refractivity (Wildman–Crippen MR) is 236 cm³/mol. The summed E-state index contributed by atoms with van der Waals surface area (Å²) in [5.41, 5.74) is 13.7. The minimum absolute atomic E-state index is 0.761. The highest BCUT2D eigenvalue weighted by Gasteiger charge is 2.24. The summed E-state index contributed by atoms with van der Waals surface area (Å²) >= 11 is 0. The van der Waals surface area contributed by atoms with E-state index in [-0.39, 0.29) is 0 Å². The molecule has 0 aliphatic rings. The van der Waals surface area contributed by atoms with Crippen molar-refractivity contribution in [3.63, 3.8) is 0 Å². The molecular formula is C51H32N6O. The van der Waals surface area contributed by atoms with Gasteiger partial charge in [-0.15, -0.1) is 0 Å². The van der Waals surface area contributed by atoms with Crippen molar-refractivity contribution in [1.29, 1.82) is 0 Å². The molecule has 0 spiro atoms. The van der Waals surface area contributed by atoms with Crippen LogP contribution in [0.3, 0.4) is 0 Å². The van der Waals surface area contributed by atoms with Gasteiger partial charge in [-0.1, -0.05) is 97.1 Å². The van der Waals surface area contributed by atoms with Crippen molar-refractivity contribution in [3.8, 4) is 22.6 Å². The van der Waals surface area contributed by atoms with Gasteiger partial charge in [0.1, 0.15) is 22.4 Å². The summed E-state index contributed by atoms with van der Waals surface area (Å²) in [7, 11) is 0. The van der Waals surface area contributed by atoms with Gasteiger partial charge in [-0.3, -0.25) is 9.55 Å². The number of aromatic nitrogens is 5. The lowest BCUT2D eigenvalue weighted by Gasteiger charge is -2.25. The molecule has 0 aliphatic carbocycles. The van der Waals surface area contributed by atoms with Crippen LogP contribution in [0.4, 0.5) is 17.1 Å². The molecule has 0 bridgehead atoms. The third-order valence-corrected chi connectivity index (χ3v) is 11.3. The molecule has 7 heteroatoms.